The van der Waals surface area contributed by atoms with Crippen LogP contribution < -0.4 is 15.5 Å². The fourth-order valence-electron chi connectivity index (χ4n) is 2.89. The van der Waals surface area contributed by atoms with E-state index in [1.54, 1.807) is 0 Å². The summed E-state index contributed by atoms with van der Waals surface area (Å²) in [5, 5.41) is 1.04. The number of nitrogens with zero attached hydrogens (tertiary/aromatic N) is 4. The number of carbonyl (C=O) groups is 1. The van der Waals surface area contributed by atoms with Gasteiger partial charge in [-0.25, -0.2) is 4.98 Å². The average molecular weight is 299 g/mol. The summed E-state index contributed by atoms with van der Waals surface area (Å²) in [5.41, 5.74) is 6.33. The average Bonchev–Trinajstić information content (AvgIpc) is 2.53. The van der Waals surface area contributed by atoms with Crippen LogP contribution in [0.25, 0.3) is 10.9 Å². The topological polar surface area (TPSA) is 75.3 Å². The zero-order valence-corrected chi connectivity index (χ0v) is 13.0. The molecule has 1 amide bonds. The van der Waals surface area contributed by atoms with Crippen molar-refractivity contribution in [3.05, 3.63) is 24.3 Å². The van der Waals surface area contributed by atoms with Gasteiger partial charge in [-0.1, -0.05) is 12.1 Å². The maximum atomic E-state index is 11.3. The summed E-state index contributed by atoms with van der Waals surface area (Å²) < 4.78 is 0. The van der Waals surface area contributed by atoms with Crippen molar-refractivity contribution in [3.63, 3.8) is 0 Å². The smallest absolute Gasteiger partial charge is 0.227 e. The number of piperidine rings is 1. The van der Waals surface area contributed by atoms with Gasteiger partial charge in [-0.3, -0.25) is 4.79 Å². The Kier molecular flexibility index (Phi) is 3.83. The molecule has 0 atom stereocenters. The number of fused-ring (bicyclic) bond motifs is 1. The monoisotopic (exact) mass is 299 g/mol. The van der Waals surface area contributed by atoms with Gasteiger partial charge >= 0.3 is 0 Å². The number of carbonyl (C=O) groups excluding carboxylic acids is 1. The fraction of sp³-hybridized carbons (Fsp3) is 0.438. The third-order valence-corrected chi connectivity index (χ3v) is 4.18. The highest BCUT2D eigenvalue weighted by atomic mass is 16.1. The van der Waals surface area contributed by atoms with Crippen LogP contribution in [0.15, 0.2) is 24.3 Å². The number of para-hydroxylation sites is 1. The Morgan fingerprint density at radius 3 is 2.55 bits per heavy atom. The molecule has 2 N–H and O–H groups in total. The van der Waals surface area contributed by atoms with E-state index in [0.717, 1.165) is 48.6 Å². The summed E-state index contributed by atoms with van der Waals surface area (Å²) in [6.07, 6.45) is 1.53. The Labute approximate surface area is 129 Å². The van der Waals surface area contributed by atoms with Crippen molar-refractivity contribution in [2.24, 2.45) is 11.7 Å². The molecular formula is C16H21N5O. The van der Waals surface area contributed by atoms with Crippen molar-refractivity contribution in [2.45, 2.75) is 12.8 Å². The molecule has 0 radical (unpaired) electrons. The standard InChI is InChI=1S/C16H21N5O/c1-20(2)15-12-5-3-4-6-13(12)18-16(19-15)21-9-7-11(8-10-21)14(17)22/h3-6,11H,7-10H2,1-2H3,(H2,17,22). The van der Waals surface area contributed by atoms with Crippen LogP contribution >= 0.6 is 0 Å². The molecule has 2 heterocycles. The second kappa shape index (κ2) is 5.79. The van der Waals surface area contributed by atoms with Crippen LogP contribution in [-0.2, 0) is 4.79 Å². The minimum absolute atomic E-state index is 0.0231. The lowest BCUT2D eigenvalue weighted by atomic mass is 9.96. The first-order chi connectivity index (χ1) is 10.6. The summed E-state index contributed by atoms with van der Waals surface area (Å²) in [5.74, 6) is 1.42. The predicted octanol–water partition coefficient (Wildman–Crippen LogP) is 1.40. The lowest BCUT2D eigenvalue weighted by Gasteiger charge is -2.31. The van der Waals surface area contributed by atoms with Crippen LogP contribution in [0.2, 0.25) is 0 Å². The van der Waals surface area contributed by atoms with Gasteiger partial charge in [-0.15, -0.1) is 0 Å². The molecule has 0 aliphatic carbocycles. The van der Waals surface area contributed by atoms with Crippen molar-refractivity contribution in [1.82, 2.24) is 9.97 Å². The van der Waals surface area contributed by atoms with Gasteiger partial charge in [0.05, 0.1) is 5.52 Å². The number of anilines is 2. The van der Waals surface area contributed by atoms with E-state index in [9.17, 15) is 4.79 Å². The van der Waals surface area contributed by atoms with E-state index >= 15 is 0 Å². The Morgan fingerprint density at radius 1 is 1.23 bits per heavy atom. The van der Waals surface area contributed by atoms with Gasteiger partial charge in [-0.2, -0.15) is 4.98 Å². The van der Waals surface area contributed by atoms with Gasteiger partial charge in [0, 0.05) is 38.5 Å². The first-order valence-corrected chi connectivity index (χ1v) is 7.54. The number of hydrogen-bond acceptors (Lipinski definition) is 5. The third kappa shape index (κ3) is 2.68. The molecule has 3 rings (SSSR count). The van der Waals surface area contributed by atoms with E-state index in [2.05, 4.69) is 9.88 Å². The van der Waals surface area contributed by atoms with E-state index in [0.29, 0.717) is 0 Å². The lowest BCUT2D eigenvalue weighted by molar-refractivity contribution is -0.122. The van der Waals surface area contributed by atoms with Crippen LogP contribution in [0.1, 0.15) is 12.8 Å². The first-order valence-electron chi connectivity index (χ1n) is 7.54. The highest BCUT2D eigenvalue weighted by Gasteiger charge is 2.25. The van der Waals surface area contributed by atoms with Crippen molar-refractivity contribution >= 4 is 28.6 Å². The van der Waals surface area contributed by atoms with Crippen molar-refractivity contribution in [2.75, 3.05) is 37.0 Å². The Bertz CT molecular complexity index is 692. The minimum atomic E-state index is -0.201. The van der Waals surface area contributed by atoms with Gasteiger partial charge in [-0.05, 0) is 25.0 Å². The largest absolute Gasteiger partial charge is 0.369 e. The molecule has 116 valence electrons. The zero-order valence-electron chi connectivity index (χ0n) is 13.0. The fourth-order valence-corrected chi connectivity index (χ4v) is 2.89. The SMILES string of the molecule is CN(C)c1nc(N2CCC(C(N)=O)CC2)nc2ccccc12. The third-order valence-electron chi connectivity index (χ3n) is 4.18. The zero-order chi connectivity index (χ0) is 15.7. The molecular weight excluding hydrogens is 278 g/mol. The number of nitrogens with two attached hydrogens (primary N) is 1. The molecule has 22 heavy (non-hydrogen) atoms. The second-order valence-corrected chi connectivity index (χ2v) is 5.92. The Morgan fingerprint density at radius 2 is 1.91 bits per heavy atom. The van der Waals surface area contributed by atoms with Crippen molar-refractivity contribution in [3.8, 4) is 0 Å². The molecule has 1 saturated heterocycles. The molecule has 1 aromatic carbocycles. The summed E-state index contributed by atoms with van der Waals surface area (Å²) in [6.45, 7) is 1.53. The molecule has 1 aromatic heterocycles. The van der Waals surface area contributed by atoms with E-state index in [4.69, 9.17) is 10.7 Å². The van der Waals surface area contributed by atoms with Crippen LogP contribution in [-0.4, -0.2) is 43.1 Å². The number of rotatable bonds is 3. The van der Waals surface area contributed by atoms with E-state index in [1.165, 1.54) is 0 Å². The van der Waals surface area contributed by atoms with Gasteiger partial charge in [0.25, 0.3) is 0 Å². The maximum absolute atomic E-state index is 11.3. The maximum Gasteiger partial charge on any atom is 0.227 e. The summed E-state index contributed by atoms with van der Waals surface area (Å²) in [6, 6.07) is 8.02. The molecule has 1 fully saturated rings. The normalized spacial score (nSPS) is 16.0. The van der Waals surface area contributed by atoms with Crippen LogP contribution in [0.4, 0.5) is 11.8 Å². The molecule has 0 bridgehead atoms. The summed E-state index contributed by atoms with van der Waals surface area (Å²) in [4.78, 5) is 24.8. The number of primary amides is 1. The second-order valence-electron chi connectivity index (χ2n) is 5.92. The van der Waals surface area contributed by atoms with Gasteiger partial charge in [0.1, 0.15) is 5.82 Å². The predicted molar refractivity (Wildman–Crippen MR) is 88.0 cm³/mol. The quantitative estimate of drug-likeness (QED) is 0.927. The molecule has 1 aliphatic heterocycles. The lowest BCUT2D eigenvalue weighted by Crippen LogP contribution is -2.39. The first kappa shape index (κ1) is 14.6. The molecule has 2 aromatic rings. The van der Waals surface area contributed by atoms with E-state index in [1.807, 2.05) is 43.3 Å². The minimum Gasteiger partial charge on any atom is -0.369 e. The van der Waals surface area contributed by atoms with E-state index < -0.39 is 0 Å². The molecule has 1 aliphatic rings. The molecule has 6 heteroatoms. The highest BCUT2D eigenvalue weighted by Crippen LogP contribution is 2.27. The highest BCUT2D eigenvalue weighted by molar-refractivity contribution is 5.90. The van der Waals surface area contributed by atoms with Crippen molar-refractivity contribution < 1.29 is 4.79 Å². The number of hydrogen-bond donors (Lipinski definition) is 1. The number of aromatic nitrogens is 2. The summed E-state index contributed by atoms with van der Waals surface area (Å²) in [7, 11) is 3.97. The van der Waals surface area contributed by atoms with Gasteiger partial charge in [0.2, 0.25) is 11.9 Å². The van der Waals surface area contributed by atoms with Gasteiger partial charge in [0.15, 0.2) is 0 Å². The number of benzene rings is 1. The molecule has 6 nitrogen and oxygen atoms in total. The van der Waals surface area contributed by atoms with Crippen LogP contribution in [0.5, 0.6) is 0 Å². The van der Waals surface area contributed by atoms with Crippen LogP contribution in [0, 0.1) is 5.92 Å². The van der Waals surface area contributed by atoms with E-state index in [-0.39, 0.29) is 11.8 Å². The molecule has 0 spiro atoms. The Hall–Kier alpha value is -2.37. The summed E-state index contributed by atoms with van der Waals surface area (Å²) >= 11 is 0. The Balaban J connectivity index is 1.93. The molecule has 0 unspecified atom stereocenters. The number of amides is 1. The van der Waals surface area contributed by atoms with Gasteiger partial charge < -0.3 is 15.5 Å². The van der Waals surface area contributed by atoms with Crippen LogP contribution in [0.3, 0.4) is 0 Å². The van der Waals surface area contributed by atoms with Crippen molar-refractivity contribution in [1.29, 1.82) is 0 Å². The molecule has 0 saturated carbocycles.